The van der Waals surface area contributed by atoms with E-state index in [9.17, 15) is 18.5 Å². The molecule has 0 aromatic heterocycles. The predicted octanol–water partition coefficient (Wildman–Crippen LogP) is 2.37. The lowest BCUT2D eigenvalue weighted by atomic mass is 10.0. The van der Waals surface area contributed by atoms with E-state index in [0.29, 0.717) is 17.7 Å². The summed E-state index contributed by atoms with van der Waals surface area (Å²) in [6, 6.07) is 9.01. The highest BCUT2D eigenvalue weighted by Gasteiger charge is 2.30. The summed E-state index contributed by atoms with van der Waals surface area (Å²) in [5.41, 5.74) is 1.07. The third-order valence-electron chi connectivity index (χ3n) is 4.41. The van der Waals surface area contributed by atoms with E-state index in [-0.39, 0.29) is 42.6 Å². The van der Waals surface area contributed by atoms with Gasteiger partial charge in [0.05, 0.1) is 15.4 Å². The van der Waals surface area contributed by atoms with Crippen molar-refractivity contribution in [3.63, 3.8) is 0 Å². The van der Waals surface area contributed by atoms with Gasteiger partial charge >= 0.3 is 0 Å². The molecular formula is C19H21NO8S. The Morgan fingerprint density at radius 3 is 2.62 bits per heavy atom. The second-order valence-electron chi connectivity index (χ2n) is 6.58. The molecule has 0 bridgehead atoms. The zero-order valence-electron chi connectivity index (χ0n) is 15.7. The largest absolute Gasteiger partial charge is 0.486 e. The zero-order valence-corrected chi connectivity index (χ0v) is 16.6. The van der Waals surface area contributed by atoms with Gasteiger partial charge in [-0.05, 0) is 38.0 Å². The number of benzene rings is 2. The molecule has 1 aliphatic heterocycles. The number of fused-ring (bicyclic) bond motifs is 1. The SMILES string of the molecule is Cc1ccc(S(=O)(=O)OC[C@H]2COc3ccc([N+](=O)[O-])c(CCCO)c3O2)cc1. The lowest BCUT2D eigenvalue weighted by Gasteiger charge is -2.27. The van der Waals surface area contributed by atoms with E-state index in [1.807, 2.05) is 6.92 Å². The highest BCUT2D eigenvalue weighted by molar-refractivity contribution is 7.86. The topological polar surface area (TPSA) is 125 Å². The number of hydrogen-bond acceptors (Lipinski definition) is 8. The number of nitro benzene ring substituents is 1. The molecule has 2 aromatic rings. The molecule has 0 amide bonds. The van der Waals surface area contributed by atoms with E-state index in [0.717, 1.165) is 5.56 Å². The summed E-state index contributed by atoms with van der Waals surface area (Å²) >= 11 is 0. The molecule has 1 heterocycles. The normalized spacial score (nSPS) is 15.9. The summed E-state index contributed by atoms with van der Waals surface area (Å²) in [4.78, 5) is 10.8. The fourth-order valence-corrected chi connectivity index (χ4v) is 3.85. The Morgan fingerprint density at radius 1 is 1.24 bits per heavy atom. The first kappa shape index (κ1) is 21.0. The number of nitro groups is 1. The predicted molar refractivity (Wildman–Crippen MR) is 103 cm³/mol. The quantitative estimate of drug-likeness (QED) is 0.390. The van der Waals surface area contributed by atoms with Crippen molar-refractivity contribution in [1.82, 2.24) is 0 Å². The van der Waals surface area contributed by atoms with E-state index < -0.39 is 21.1 Å². The Bertz CT molecular complexity index is 988. The van der Waals surface area contributed by atoms with Gasteiger partial charge in [-0.25, -0.2) is 0 Å². The Balaban J connectivity index is 1.77. The molecular weight excluding hydrogens is 402 g/mol. The van der Waals surface area contributed by atoms with Gasteiger partial charge in [-0.15, -0.1) is 0 Å². The van der Waals surface area contributed by atoms with Gasteiger partial charge in [-0.3, -0.25) is 14.3 Å². The second-order valence-corrected chi connectivity index (χ2v) is 8.19. The summed E-state index contributed by atoms with van der Waals surface area (Å²) in [6.07, 6.45) is -0.240. The molecule has 0 spiro atoms. The van der Waals surface area contributed by atoms with E-state index in [1.165, 1.54) is 24.3 Å². The minimum absolute atomic E-state index is 0.0273. The van der Waals surface area contributed by atoms with Gasteiger partial charge < -0.3 is 14.6 Å². The van der Waals surface area contributed by atoms with Crippen molar-refractivity contribution in [2.45, 2.75) is 30.8 Å². The lowest BCUT2D eigenvalue weighted by Crippen LogP contribution is -2.34. The van der Waals surface area contributed by atoms with Crippen LogP contribution in [0, 0.1) is 17.0 Å². The van der Waals surface area contributed by atoms with Crippen LogP contribution in [-0.2, 0) is 20.7 Å². The summed E-state index contributed by atoms with van der Waals surface area (Å²) in [6.45, 7) is 1.43. The number of rotatable bonds is 8. The summed E-state index contributed by atoms with van der Waals surface area (Å²) < 4.78 is 41.2. The lowest BCUT2D eigenvalue weighted by molar-refractivity contribution is -0.385. The average molecular weight is 423 g/mol. The fourth-order valence-electron chi connectivity index (χ4n) is 2.91. The molecule has 29 heavy (non-hydrogen) atoms. The molecule has 3 rings (SSSR count). The molecule has 1 atom stereocenters. The van der Waals surface area contributed by atoms with Gasteiger partial charge in [-0.2, -0.15) is 8.42 Å². The summed E-state index contributed by atoms with van der Waals surface area (Å²) in [5.74, 6) is 0.515. The maximum absolute atomic E-state index is 12.3. The Kier molecular flexibility index (Phi) is 6.36. The first-order chi connectivity index (χ1) is 13.8. The van der Waals surface area contributed by atoms with Crippen molar-refractivity contribution in [3.05, 3.63) is 57.6 Å². The molecule has 156 valence electrons. The Morgan fingerprint density at radius 2 is 1.97 bits per heavy atom. The number of aliphatic hydroxyl groups excluding tert-OH is 1. The molecule has 9 nitrogen and oxygen atoms in total. The third-order valence-corrected chi connectivity index (χ3v) is 5.71. The maximum Gasteiger partial charge on any atom is 0.297 e. The number of aryl methyl sites for hydroxylation is 1. The Labute approximate surface area is 168 Å². The van der Waals surface area contributed by atoms with Crippen molar-refractivity contribution >= 4 is 15.8 Å². The molecule has 0 unspecified atom stereocenters. The van der Waals surface area contributed by atoms with Gasteiger partial charge in [0.25, 0.3) is 15.8 Å². The molecule has 0 saturated carbocycles. The smallest absolute Gasteiger partial charge is 0.297 e. The molecule has 1 N–H and O–H groups in total. The minimum Gasteiger partial charge on any atom is -0.486 e. The van der Waals surface area contributed by atoms with Crippen molar-refractivity contribution in [2.24, 2.45) is 0 Å². The molecule has 0 radical (unpaired) electrons. The van der Waals surface area contributed by atoms with Gasteiger partial charge in [0.2, 0.25) is 0 Å². The standard InChI is InChI=1S/C19H21NO8S/c1-13-4-6-15(7-5-13)29(24,25)27-12-14-11-26-18-9-8-17(20(22)23)16(3-2-10-21)19(18)28-14/h4-9,14,21H,2-3,10-12H2,1H3/t14-/m1/s1. The van der Waals surface area contributed by atoms with Crippen LogP contribution in [0.5, 0.6) is 11.5 Å². The molecule has 2 aromatic carbocycles. The van der Waals surface area contributed by atoms with E-state index >= 15 is 0 Å². The molecule has 0 aliphatic carbocycles. The average Bonchev–Trinajstić information content (AvgIpc) is 2.70. The van der Waals surface area contributed by atoms with Crippen LogP contribution in [0.2, 0.25) is 0 Å². The van der Waals surface area contributed by atoms with Crippen LogP contribution in [-0.4, -0.2) is 44.4 Å². The van der Waals surface area contributed by atoms with Crippen LogP contribution in [0.15, 0.2) is 41.3 Å². The zero-order chi connectivity index (χ0) is 21.0. The minimum atomic E-state index is -3.98. The third kappa shape index (κ3) is 4.84. The molecule has 0 saturated heterocycles. The van der Waals surface area contributed by atoms with E-state index in [1.54, 1.807) is 12.1 Å². The second kappa shape index (κ2) is 8.76. The van der Waals surface area contributed by atoms with Gasteiger partial charge in [-0.1, -0.05) is 17.7 Å². The van der Waals surface area contributed by atoms with Gasteiger partial charge in [0, 0.05) is 12.7 Å². The summed E-state index contributed by atoms with van der Waals surface area (Å²) in [7, 11) is -3.98. The van der Waals surface area contributed by atoms with Crippen molar-refractivity contribution in [3.8, 4) is 11.5 Å². The van der Waals surface area contributed by atoms with Crippen molar-refractivity contribution < 1.29 is 32.1 Å². The van der Waals surface area contributed by atoms with Crippen LogP contribution in [0.3, 0.4) is 0 Å². The molecule has 0 fully saturated rings. The van der Waals surface area contributed by atoms with Crippen LogP contribution in [0.4, 0.5) is 5.69 Å². The number of nitrogens with zero attached hydrogens (tertiary/aromatic N) is 1. The highest BCUT2D eigenvalue weighted by Crippen LogP contribution is 2.41. The van der Waals surface area contributed by atoms with Crippen LogP contribution < -0.4 is 9.47 Å². The fraction of sp³-hybridized carbons (Fsp3) is 0.368. The van der Waals surface area contributed by atoms with Crippen LogP contribution in [0.25, 0.3) is 0 Å². The van der Waals surface area contributed by atoms with Crippen molar-refractivity contribution in [2.75, 3.05) is 19.8 Å². The van der Waals surface area contributed by atoms with E-state index in [4.69, 9.17) is 18.8 Å². The van der Waals surface area contributed by atoms with Gasteiger partial charge in [0.1, 0.15) is 13.2 Å². The maximum atomic E-state index is 12.3. The number of aliphatic hydroxyl groups is 1. The molecule has 10 heteroatoms. The highest BCUT2D eigenvalue weighted by atomic mass is 32.2. The number of ether oxygens (including phenoxy) is 2. The van der Waals surface area contributed by atoms with Gasteiger partial charge in [0.15, 0.2) is 17.6 Å². The monoisotopic (exact) mass is 423 g/mol. The van der Waals surface area contributed by atoms with Crippen molar-refractivity contribution in [1.29, 1.82) is 0 Å². The van der Waals surface area contributed by atoms with Crippen LogP contribution in [0.1, 0.15) is 17.5 Å². The number of hydrogen-bond donors (Lipinski definition) is 1. The Hall–Kier alpha value is -2.69. The first-order valence-corrected chi connectivity index (χ1v) is 10.4. The summed E-state index contributed by atoms with van der Waals surface area (Å²) in [5, 5.41) is 20.4. The first-order valence-electron chi connectivity index (χ1n) is 8.98. The van der Waals surface area contributed by atoms with Crippen LogP contribution >= 0.6 is 0 Å². The van der Waals surface area contributed by atoms with E-state index in [2.05, 4.69) is 0 Å². The molecule has 1 aliphatic rings.